The molecule has 1 fully saturated rings. The highest BCUT2D eigenvalue weighted by atomic mass is 19.1. The maximum atomic E-state index is 13.9. The lowest BCUT2D eigenvalue weighted by atomic mass is 10.1. The molecule has 26 heavy (non-hydrogen) atoms. The average Bonchev–Trinajstić information content (AvgIpc) is 2.68. The minimum atomic E-state index is -0.716. The SMILES string of the molecule is CCON1CCN(c2ncc(-c3ccccc3F)cn2)C(C(=O)C=O)C1. The van der Waals surface area contributed by atoms with Crippen LogP contribution in [0.25, 0.3) is 11.1 Å². The summed E-state index contributed by atoms with van der Waals surface area (Å²) in [6.07, 6.45) is 3.33. The molecule has 1 aromatic heterocycles. The molecule has 0 spiro atoms. The zero-order valence-electron chi connectivity index (χ0n) is 14.3. The predicted octanol–water partition coefficient (Wildman–Crippen LogP) is 1.49. The van der Waals surface area contributed by atoms with Gasteiger partial charge in [-0.1, -0.05) is 18.2 Å². The van der Waals surface area contributed by atoms with Crippen LogP contribution < -0.4 is 4.90 Å². The van der Waals surface area contributed by atoms with E-state index >= 15 is 0 Å². The molecule has 0 N–H and O–H groups in total. The number of benzene rings is 1. The van der Waals surface area contributed by atoms with E-state index in [9.17, 15) is 14.0 Å². The number of Topliss-reactive ketones (excluding diaryl/α,β-unsaturated/α-hetero) is 1. The number of hydrogen-bond donors (Lipinski definition) is 0. The highest BCUT2D eigenvalue weighted by Crippen LogP contribution is 2.23. The zero-order valence-corrected chi connectivity index (χ0v) is 14.3. The van der Waals surface area contributed by atoms with Crippen LogP contribution in [0.4, 0.5) is 10.3 Å². The smallest absolute Gasteiger partial charge is 0.226 e. The van der Waals surface area contributed by atoms with E-state index in [1.807, 2.05) is 6.92 Å². The molecule has 0 saturated carbocycles. The first-order valence-corrected chi connectivity index (χ1v) is 8.34. The second-order valence-corrected chi connectivity index (χ2v) is 5.79. The number of aromatic nitrogens is 2. The summed E-state index contributed by atoms with van der Waals surface area (Å²) in [4.78, 5) is 38.7. The van der Waals surface area contributed by atoms with Crippen LogP contribution >= 0.6 is 0 Å². The van der Waals surface area contributed by atoms with Crippen molar-refractivity contribution < 1.29 is 18.8 Å². The molecule has 0 bridgehead atoms. The van der Waals surface area contributed by atoms with E-state index in [4.69, 9.17) is 4.84 Å². The molecule has 7 nitrogen and oxygen atoms in total. The number of hydroxylamine groups is 2. The number of rotatable bonds is 6. The van der Waals surface area contributed by atoms with E-state index in [1.54, 1.807) is 28.2 Å². The van der Waals surface area contributed by atoms with Gasteiger partial charge in [0.05, 0.1) is 13.2 Å². The average molecular weight is 358 g/mol. The summed E-state index contributed by atoms with van der Waals surface area (Å²) in [6.45, 7) is 3.57. The van der Waals surface area contributed by atoms with Crippen molar-refractivity contribution in [2.75, 3.05) is 31.1 Å². The molecule has 1 aliphatic rings. The third-order valence-electron chi connectivity index (χ3n) is 4.18. The van der Waals surface area contributed by atoms with Gasteiger partial charge in [-0.2, -0.15) is 5.06 Å². The molecule has 3 rings (SSSR count). The Morgan fingerprint density at radius 1 is 1.31 bits per heavy atom. The molecule has 8 heteroatoms. The van der Waals surface area contributed by atoms with Crippen molar-refractivity contribution in [2.45, 2.75) is 13.0 Å². The second-order valence-electron chi connectivity index (χ2n) is 5.79. The maximum absolute atomic E-state index is 13.9. The summed E-state index contributed by atoms with van der Waals surface area (Å²) in [5, 5.41) is 1.66. The molecule has 1 atom stereocenters. The summed E-state index contributed by atoms with van der Waals surface area (Å²) in [6, 6.07) is 5.65. The van der Waals surface area contributed by atoms with Crippen molar-refractivity contribution in [3.8, 4) is 11.1 Å². The van der Waals surface area contributed by atoms with E-state index in [2.05, 4.69) is 9.97 Å². The van der Waals surface area contributed by atoms with Gasteiger partial charge in [-0.15, -0.1) is 0 Å². The molecule has 1 unspecified atom stereocenters. The molecular weight excluding hydrogens is 339 g/mol. The van der Waals surface area contributed by atoms with E-state index < -0.39 is 11.8 Å². The van der Waals surface area contributed by atoms with Gasteiger partial charge < -0.3 is 4.90 Å². The van der Waals surface area contributed by atoms with Gasteiger partial charge in [-0.3, -0.25) is 14.4 Å². The first-order chi connectivity index (χ1) is 12.6. The Morgan fingerprint density at radius 2 is 2.04 bits per heavy atom. The number of halogens is 1. The van der Waals surface area contributed by atoms with Crippen molar-refractivity contribution in [3.63, 3.8) is 0 Å². The Hall–Kier alpha value is -2.71. The Bertz CT molecular complexity index is 784. The number of anilines is 1. The van der Waals surface area contributed by atoms with Gasteiger partial charge in [-0.05, 0) is 13.0 Å². The molecule has 136 valence electrons. The quantitative estimate of drug-likeness (QED) is 0.572. The van der Waals surface area contributed by atoms with Crippen LogP contribution in [0.15, 0.2) is 36.7 Å². The fourth-order valence-electron chi connectivity index (χ4n) is 2.92. The summed E-state index contributed by atoms with van der Waals surface area (Å²) >= 11 is 0. The molecule has 1 saturated heterocycles. The van der Waals surface area contributed by atoms with Crippen molar-refractivity contribution in [3.05, 3.63) is 42.5 Å². The van der Waals surface area contributed by atoms with E-state index in [0.717, 1.165) is 0 Å². The number of aldehydes is 1. The Morgan fingerprint density at radius 3 is 2.69 bits per heavy atom. The van der Waals surface area contributed by atoms with Gasteiger partial charge in [0.15, 0.2) is 6.29 Å². The molecule has 0 aliphatic carbocycles. The molecule has 1 aromatic carbocycles. The molecule has 2 heterocycles. The lowest BCUT2D eigenvalue weighted by molar-refractivity contribution is -0.166. The number of hydrogen-bond acceptors (Lipinski definition) is 7. The summed E-state index contributed by atoms with van der Waals surface area (Å²) < 4.78 is 13.9. The van der Waals surface area contributed by atoms with Crippen LogP contribution in [0.2, 0.25) is 0 Å². The van der Waals surface area contributed by atoms with Crippen LogP contribution in [-0.4, -0.2) is 59.4 Å². The first kappa shape index (κ1) is 18.1. The summed E-state index contributed by atoms with van der Waals surface area (Å²) in [5.41, 5.74) is 0.943. The van der Waals surface area contributed by atoms with Crippen molar-refractivity contribution >= 4 is 18.0 Å². The lowest BCUT2D eigenvalue weighted by Gasteiger charge is -2.38. The maximum Gasteiger partial charge on any atom is 0.226 e. The monoisotopic (exact) mass is 358 g/mol. The first-order valence-electron chi connectivity index (χ1n) is 8.34. The predicted molar refractivity (Wildman–Crippen MR) is 92.8 cm³/mol. The van der Waals surface area contributed by atoms with Crippen molar-refractivity contribution in [1.82, 2.24) is 15.0 Å². The van der Waals surface area contributed by atoms with E-state index in [0.29, 0.717) is 43.1 Å². The lowest BCUT2D eigenvalue weighted by Crippen LogP contribution is -2.57. The van der Waals surface area contributed by atoms with Gasteiger partial charge in [-0.25, -0.2) is 14.4 Å². The Labute approximate surface area is 150 Å². The van der Waals surface area contributed by atoms with Crippen LogP contribution in [0.1, 0.15) is 6.92 Å². The van der Waals surface area contributed by atoms with Gasteiger partial charge in [0.1, 0.15) is 11.9 Å². The number of ketones is 1. The number of piperazine rings is 1. The van der Waals surface area contributed by atoms with Crippen LogP contribution in [-0.2, 0) is 14.4 Å². The van der Waals surface area contributed by atoms with Crippen molar-refractivity contribution in [2.24, 2.45) is 0 Å². The summed E-state index contributed by atoms with van der Waals surface area (Å²) in [7, 11) is 0. The van der Waals surface area contributed by atoms with Gasteiger partial charge >= 0.3 is 0 Å². The molecule has 0 radical (unpaired) electrons. The fraction of sp³-hybridized carbons (Fsp3) is 0.333. The second kappa shape index (κ2) is 8.11. The zero-order chi connectivity index (χ0) is 18.5. The van der Waals surface area contributed by atoms with Crippen LogP contribution in [0, 0.1) is 5.82 Å². The fourth-order valence-corrected chi connectivity index (χ4v) is 2.92. The summed E-state index contributed by atoms with van der Waals surface area (Å²) in [5.74, 6) is -0.596. The Balaban J connectivity index is 1.84. The largest absolute Gasteiger partial charge is 0.328 e. The van der Waals surface area contributed by atoms with Crippen LogP contribution in [0.3, 0.4) is 0 Å². The molecule has 2 aromatic rings. The van der Waals surface area contributed by atoms with Gasteiger partial charge in [0.2, 0.25) is 11.7 Å². The normalized spacial score (nSPS) is 17.9. The topological polar surface area (TPSA) is 75.6 Å². The highest BCUT2D eigenvalue weighted by Gasteiger charge is 2.34. The highest BCUT2D eigenvalue weighted by molar-refractivity contribution is 6.28. The molecular formula is C18H19FN4O3. The number of carbonyl (C=O) groups is 2. The van der Waals surface area contributed by atoms with Crippen molar-refractivity contribution in [1.29, 1.82) is 0 Å². The van der Waals surface area contributed by atoms with Gasteiger partial charge in [0, 0.05) is 36.6 Å². The third-order valence-corrected chi connectivity index (χ3v) is 4.18. The molecule has 0 amide bonds. The standard InChI is InChI=1S/C18H19FN4O3/c1-2-26-22-7-8-23(16(11-22)17(25)12-24)18-20-9-13(10-21-18)14-5-3-4-6-15(14)19/h3-6,9-10,12,16H,2,7-8,11H2,1H3. The number of carbonyl (C=O) groups excluding carboxylic acids is 2. The van der Waals surface area contributed by atoms with Crippen LogP contribution in [0.5, 0.6) is 0 Å². The minimum Gasteiger partial charge on any atom is -0.328 e. The number of nitrogens with zero attached hydrogens (tertiary/aromatic N) is 4. The minimum absolute atomic E-state index is 0.254. The third kappa shape index (κ3) is 3.76. The van der Waals surface area contributed by atoms with Gasteiger partial charge in [0.25, 0.3) is 0 Å². The Kier molecular flexibility index (Phi) is 5.65. The van der Waals surface area contributed by atoms with E-state index in [-0.39, 0.29) is 12.4 Å². The molecule has 1 aliphatic heterocycles. The van der Waals surface area contributed by atoms with E-state index in [1.165, 1.54) is 18.5 Å².